The van der Waals surface area contributed by atoms with Crippen molar-refractivity contribution >= 4 is 40.9 Å². The molecule has 25 heavy (non-hydrogen) atoms. The number of anilines is 1. The molecule has 0 radical (unpaired) electrons. The second-order valence-corrected chi connectivity index (χ2v) is 5.69. The maximum atomic E-state index is 12.8. The van der Waals surface area contributed by atoms with Crippen LogP contribution >= 0.6 is 23.2 Å². The molecule has 0 saturated carbocycles. The maximum absolute atomic E-state index is 12.8. The zero-order chi connectivity index (χ0) is 18.4. The fraction of sp³-hybridized carbons (Fsp3) is 0.188. The van der Waals surface area contributed by atoms with Gasteiger partial charge in [0, 0.05) is 6.20 Å². The molecule has 1 N–H and O–H groups in total. The summed E-state index contributed by atoms with van der Waals surface area (Å²) in [5.41, 5.74) is 0. The lowest BCUT2D eigenvalue weighted by atomic mass is 10.3. The summed E-state index contributed by atoms with van der Waals surface area (Å²) in [6, 6.07) is 6.54. The topological polar surface area (TPSA) is 77.5 Å². The maximum Gasteiger partial charge on any atom is 0.344 e. The van der Waals surface area contributed by atoms with Crippen molar-refractivity contribution in [3.63, 3.8) is 0 Å². The molecule has 0 unspecified atom stereocenters. The van der Waals surface area contributed by atoms with Gasteiger partial charge in [0.2, 0.25) is 0 Å². The number of carbonyl (C=O) groups is 2. The zero-order valence-electron chi connectivity index (χ0n) is 13.0. The van der Waals surface area contributed by atoms with Crippen LogP contribution in [0.25, 0.3) is 0 Å². The van der Waals surface area contributed by atoms with Crippen molar-refractivity contribution in [1.29, 1.82) is 0 Å². The van der Waals surface area contributed by atoms with Gasteiger partial charge in [0.05, 0.1) is 10.0 Å². The smallest absolute Gasteiger partial charge is 0.344 e. The van der Waals surface area contributed by atoms with Gasteiger partial charge in [0.1, 0.15) is 11.6 Å². The molecule has 0 bridgehead atoms. The van der Waals surface area contributed by atoms with Gasteiger partial charge in [-0.05, 0) is 37.3 Å². The fourth-order valence-electron chi connectivity index (χ4n) is 1.68. The molecule has 6 nitrogen and oxygen atoms in total. The second-order valence-electron chi connectivity index (χ2n) is 4.85. The summed E-state index contributed by atoms with van der Waals surface area (Å²) in [4.78, 5) is 27.6. The minimum Gasteiger partial charge on any atom is -0.482 e. The van der Waals surface area contributed by atoms with Crippen molar-refractivity contribution < 1.29 is 23.5 Å². The Labute approximate surface area is 152 Å². The highest BCUT2D eigenvalue weighted by Gasteiger charge is 2.19. The summed E-state index contributed by atoms with van der Waals surface area (Å²) in [6.07, 6.45) is 0.217. The highest BCUT2D eigenvalue weighted by Crippen LogP contribution is 2.22. The Balaban J connectivity index is 1.83. The average molecular weight is 387 g/mol. The van der Waals surface area contributed by atoms with Gasteiger partial charge >= 0.3 is 5.97 Å². The molecule has 1 aromatic carbocycles. The van der Waals surface area contributed by atoms with Crippen LogP contribution in [0, 0.1) is 5.82 Å². The Morgan fingerprint density at radius 2 is 1.96 bits per heavy atom. The second kappa shape index (κ2) is 8.64. The minimum atomic E-state index is -1.10. The van der Waals surface area contributed by atoms with Crippen LogP contribution in [0.1, 0.15) is 6.92 Å². The molecule has 9 heteroatoms. The molecule has 0 spiro atoms. The average Bonchev–Trinajstić information content (AvgIpc) is 2.56. The van der Waals surface area contributed by atoms with Crippen molar-refractivity contribution in [2.24, 2.45) is 0 Å². The van der Waals surface area contributed by atoms with E-state index in [1.54, 1.807) is 0 Å². The molecule has 0 aliphatic heterocycles. The predicted molar refractivity (Wildman–Crippen MR) is 90.3 cm³/mol. The van der Waals surface area contributed by atoms with Gasteiger partial charge in [-0.1, -0.05) is 23.2 Å². The first-order valence-corrected chi connectivity index (χ1v) is 7.80. The van der Waals surface area contributed by atoms with Gasteiger partial charge < -0.3 is 14.8 Å². The third-order valence-corrected chi connectivity index (χ3v) is 3.39. The van der Waals surface area contributed by atoms with Gasteiger partial charge in [-0.2, -0.15) is 0 Å². The van der Waals surface area contributed by atoms with Gasteiger partial charge in [0.15, 0.2) is 18.5 Å². The van der Waals surface area contributed by atoms with E-state index in [-0.39, 0.29) is 10.8 Å². The Hall–Kier alpha value is -2.38. The van der Waals surface area contributed by atoms with Crippen molar-refractivity contribution in [3.05, 3.63) is 52.4 Å². The molecule has 1 atom stereocenters. The van der Waals surface area contributed by atoms with E-state index in [1.807, 2.05) is 0 Å². The van der Waals surface area contributed by atoms with Crippen LogP contribution in [0.2, 0.25) is 10.0 Å². The van der Waals surface area contributed by atoms with E-state index in [9.17, 15) is 14.0 Å². The number of amides is 1. The van der Waals surface area contributed by atoms with E-state index in [0.717, 1.165) is 0 Å². The number of nitrogens with zero attached hydrogens (tertiary/aromatic N) is 1. The van der Waals surface area contributed by atoms with Crippen LogP contribution < -0.4 is 10.1 Å². The molecule has 0 aliphatic carbocycles. The number of hydrogen-bond donors (Lipinski definition) is 1. The Kier molecular flexibility index (Phi) is 6.55. The number of rotatable bonds is 6. The predicted octanol–water partition coefficient (Wildman–Crippen LogP) is 3.48. The number of halogens is 3. The summed E-state index contributed by atoms with van der Waals surface area (Å²) in [5.74, 6) is -1.40. The molecule has 0 fully saturated rings. The van der Waals surface area contributed by atoms with Crippen LogP contribution in [-0.4, -0.2) is 29.6 Å². The lowest BCUT2D eigenvalue weighted by Crippen LogP contribution is -2.32. The number of ether oxygens (including phenoxy) is 2. The molecule has 2 rings (SSSR count). The van der Waals surface area contributed by atoms with Gasteiger partial charge in [0.25, 0.3) is 5.91 Å². The SMILES string of the molecule is C[C@@H](OC(=O)COc1ccc(F)cc1)C(=O)Nc1ncc(Cl)cc1Cl. The van der Waals surface area contributed by atoms with Crippen LogP contribution in [0.15, 0.2) is 36.5 Å². The summed E-state index contributed by atoms with van der Waals surface area (Å²) in [7, 11) is 0. The zero-order valence-corrected chi connectivity index (χ0v) is 14.5. The monoisotopic (exact) mass is 386 g/mol. The Morgan fingerprint density at radius 1 is 1.28 bits per heavy atom. The van der Waals surface area contributed by atoms with Crippen LogP contribution in [0.3, 0.4) is 0 Å². The summed E-state index contributed by atoms with van der Waals surface area (Å²) >= 11 is 11.6. The lowest BCUT2D eigenvalue weighted by molar-refractivity contribution is -0.155. The van der Waals surface area contributed by atoms with Crippen molar-refractivity contribution in [2.75, 3.05) is 11.9 Å². The third-order valence-electron chi connectivity index (χ3n) is 2.90. The number of nitrogens with one attached hydrogen (secondary N) is 1. The first-order chi connectivity index (χ1) is 11.8. The van der Waals surface area contributed by atoms with Crippen molar-refractivity contribution in [2.45, 2.75) is 13.0 Å². The number of pyridine rings is 1. The number of esters is 1. The molecule has 1 heterocycles. The van der Waals surface area contributed by atoms with Crippen molar-refractivity contribution in [1.82, 2.24) is 4.98 Å². The fourth-order valence-corrected chi connectivity index (χ4v) is 2.11. The molecule has 0 saturated heterocycles. The molecule has 132 valence electrons. The van der Waals surface area contributed by atoms with Crippen LogP contribution in [-0.2, 0) is 14.3 Å². The molecule has 1 aromatic heterocycles. The summed E-state index contributed by atoms with van der Waals surface area (Å²) in [5, 5.41) is 2.89. The normalized spacial score (nSPS) is 11.5. The van der Waals surface area contributed by atoms with E-state index in [1.165, 1.54) is 43.5 Å². The first kappa shape index (κ1) is 19.0. The largest absolute Gasteiger partial charge is 0.482 e. The molecule has 1 amide bonds. The first-order valence-electron chi connectivity index (χ1n) is 7.05. The number of carbonyl (C=O) groups excluding carboxylic acids is 2. The van der Waals surface area contributed by atoms with E-state index in [2.05, 4.69) is 10.3 Å². The summed E-state index contributed by atoms with van der Waals surface area (Å²) < 4.78 is 22.8. The van der Waals surface area contributed by atoms with E-state index < -0.39 is 30.4 Å². The van der Waals surface area contributed by atoms with Crippen molar-refractivity contribution in [3.8, 4) is 5.75 Å². The summed E-state index contributed by atoms with van der Waals surface area (Å²) in [6.45, 7) is 0.957. The molecule has 2 aromatic rings. The van der Waals surface area contributed by atoms with Gasteiger partial charge in [-0.3, -0.25) is 4.79 Å². The third kappa shape index (κ3) is 5.88. The van der Waals surface area contributed by atoms with Gasteiger partial charge in [-0.15, -0.1) is 0 Å². The standard InChI is InChI=1S/C16H13Cl2FN2O4/c1-9(16(23)21-15-13(18)6-10(17)7-20-15)25-14(22)8-24-12-4-2-11(19)3-5-12/h2-7,9H,8H2,1H3,(H,20,21,23)/t9-/m1/s1. The number of hydrogen-bond acceptors (Lipinski definition) is 5. The lowest BCUT2D eigenvalue weighted by Gasteiger charge is -2.14. The molecular formula is C16H13Cl2FN2O4. The van der Waals surface area contributed by atoms with E-state index in [4.69, 9.17) is 32.7 Å². The van der Waals surface area contributed by atoms with E-state index >= 15 is 0 Å². The highest BCUT2D eigenvalue weighted by atomic mass is 35.5. The quantitative estimate of drug-likeness (QED) is 0.768. The van der Waals surface area contributed by atoms with Crippen LogP contribution in [0.5, 0.6) is 5.75 Å². The number of aromatic nitrogens is 1. The van der Waals surface area contributed by atoms with Gasteiger partial charge in [-0.25, -0.2) is 14.2 Å². The Morgan fingerprint density at radius 3 is 2.60 bits per heavy atom. The Bertz CT molecular complexity index is 771. The number of benzene rings is 1. The molecule has 0 aliphatic rings. The highest BCUT2D eigenvalue weighted by molar-refractivity contribution is 6.36. The van der Waals surface area contributed by atoms with E-state index in [0.29, 0.717) is 10.8 Å². The minimum absolute atomic E-state index is 0.0986. The molecular weight excluding hydrogens is 374 g/mol. The van der Waals surface area contributed by atoms with Crippen LogP contribution in [0.4, 0.5) is 10.2 Å².